The number of hydrogen-bond acceptors (Lipinski definition) is 6. The van der Waals surface area contributed by atoms with Crippen molar-refractivity contribution in [1.29, 1.82) is 0 Å². The molecule has 0 aromatic carbocycles. The third-order valence-corrected chi connectivity index (χ3v) is 4.98. The highest BCUT2D eigenvalue weighted by atomic mass is 16.5. The average Bonchev–Trinajstić information content (AvgIpc) is 3.07. The third kappa shape index (κ3) is 10.3. The Hall–Kier alpha value is -2.11. The molecule has 0 aliphatic heterocycles. The van der Waals surface area contributed by atoms with E-state index in [0.29, 0.717) is 31.6 Å². The minimum Gasteiger partial charge on any atom is -0.469 e. The second-order valence-electron chi connectivity index (χ2n) is 7.28. The van der Waals surface area contributed by atoms with Crippen LogP contribution in [0.15, 0.2) is 23.5 Å². The lowest BCUT2D eigenvalue weighted by atomic mass is 9.93. The van der Waals surface area contributed by atoms with Gasteiger partial charge in [0.15, 0.2) is 0 Å². The van der Waals surface area contributed by atoms with Crippen LogP contribution in [0.3, 0.4) is 0 Å². The normalized spacial score (nSPS) is 16.3. The van der Waals surface area contributed by atoms with Crippen LogP contribution in [0, 0.1) is 5.92 Å². The van der Waals surface area contributed by atoms with E-state index in [0.717, 1.165) is 44.1 Å². The van der Waals surface area contributed by atoms with Crippen LogP contribution in [0.1, 0.15) is 84.5 Å². The predicted octanol–water partition coefficient (Wildman–Crippen LogP) is 5.02. The second-order valence-corrected chi connectivity index (χ2v) is 7.28. The standard InChI is InChI=1S/C23H36O6/c1-4-6-8-10-16-28-21(24)14-15-22(25)29-20-13-12-18(17-23(26)27-3)19(20)11-9-7-5-2/h6,8,18H,4-5,7,9-17H2,1-3H3/b8-6-. The van der Waals surface area contributed by atoms with Gasteiger partial charge in [0.2, 0.25) is 0 Å². The Balaban J connectivity index is 2.52. The Labute approximate surface area is 174 Å². The van der Waals surface area contributed by atoms with Crippen molar-refractivity contribution in [2.45, 2.75) is 84.5 Å². The summed E-state index contributed by atoms with van der Waals surface area (Å²) >= 11 is 0. The van der Waals surface area contributed by atoms with Gasteiger partial charge in [-0.05, 0) is 43.6 Å². The summed E-state index contributed by atoms with van der Waals surface area (Å²) in [6.07, 6.45) is 11.4. The molecule has 0 aromatic rings. The van der Waals surface area contributed by atoms with Gasteiger partial charge < -0.3 is 14.2 Å². The topological polar surface area (TPSA) is 78.9 Å². The zero-order valence-electron chi connectivity index (χ0n) is 18.2. The lowest BCUT2D eigenvalue weighted by Crippen LogP contribution is -2.12. The molecule has 0 bridgehead atoms. The molecule has 0 saturated heterocycles. The summed E-state index contributed by atoms with van der Waals surface area (Å²) < 4.78 is 15.5. The van der Waals surface area contributed by atoms with Gasteiger partial charge in [-0.1, -0.05) is 38.8 Å². The molecule has 0 amide bonds. The van der Waals surface area contributed by atoms with Crippen LogP contribution in [0.25, 0.3) is 0 Å². The molecular formula is C23H36O6. The zero-order valence-corrected chi connectivity index (χ0v) is 18.2. The van der Waals surface area contributed by atoms with Gasteiger partial charge >= 0.3 is 17.9 Å². The highest BCUT2D eigenvalue weighted by Gasteiger charge is 2.29. The van der Waals surface area contributed by atoms with Crippen molar-refractivity contribution in [3.8, 4) is 0 Å². The minimum atomic E-state index is -0.422. The quantitative estimate of drug-likeness (QED) is 0.174. The highest BCUT2D eigenvalue weighted by molar-refractivity contribution is 5.78. The molecule has 0 saturated carbocycles. The van der Waals surface area contributed by atoms with Crippen LogP contribution in [0.5, 0.6) is 0 Å². The first-order chi connectivity index (χ1) is 14.0. The summed E-state index contributed by atoms with van der Waals surface area (Å²) in [5, 5.41) is 0. The molecular weight excluding hydrogens is 372 g/mol. The lowest BCUT2D eigenvalue weighted by molar-refractivity contribution is -0.148. The molecule has 1 aliphatic rings. The number of carbonyl (C=O) groups excluding carboxylic acids is 3. The van der Waals surface area contributed by atoms with Gasteiger partial charge in [0.05, 0.1) is 33.0 Å². The fraction of sp³-hybridized carbons (Fsp3) is 0.696. The van der Waals surface area contributed by atoms with Gasteiger partial charge in [-0.25, -0.2) is 0 Å². The summed E-state index contributed by atoms with van der Waals surface area (Å²) in [6, 6.07) is 0. The van der Waals surface area contributed by atoms with E-state index in [1.807, 2.05) is 19.1 Å². The number of ether oxygens (including phenoxy) is 3. The maximum Gasteiger partial charge on any atom is 0.311 e. The van der Waals surface area contributed by atoms with Gasteiger partial charge in [-0.2, -0.15) is 0 Å². The molecule has 1 unspecified atom stereocenters. The van der Waals surface area contributed by atoms with Crippen LogP contribution >= 0.6 is 0 Å². The first-order valence-corrected chi connectivity index (χ1v) is 10.8. The van der Waals surface area contributed by atoms with Crippen LogP contribution in [0.4, 0.5) is 0 Å². The fourth-order valence-corrected chi connectivity index (χ4v) is 3.39. The van der Waals surface area contributed by atoms with Crippen molar-refractivity contribution in [2.75, 3.05) is 13.7 Å². The monoisotopic (exact) mass is 408 g/mol. The Kier molecular flexibility index (Phi) is 12.7. The number of methoxy groups -OCH3 is 1. The van der Waals surface area contributed by atoms with Crippen molar-refractivity contribution < 1.29 is 28.6 Å². The molecule has 0 spiro atoms. The zero-order chi connectivity index (χ0) is 21.5. The Morgan fingerprint density at radius 2 is 1.79 bits per heavy atom. The predicted molar refractivity (Wildman–Crippen MR) is 111 cm³/mol. The molecule has 1 aliphatic carbocycles. The Morgan fingerprint density at radius 1 is 1.03 bits per heavy atom. The van der Waals surface area contributed by atoms with E-state index in [4.69, 9.17) is 14.2 Å². The molecule has 1 atom stereocenters. The largest absolute Gasteiger partial charge is 0.469 e. The van der Waals surface area contributed by atoms with E-state index >= 15 is 0 Å². The molecule has 0 fully saturated rings. The number of rotatable bonds is 14. The molecule has 6 nitrogen and oxygen atoms in total. The molecule has 6 heteroatoms. The first kappa shape index (κ1) is 24.9. The molecule has 0 radical (unpaired) electrons. The minimum absolute atomic E-state index is 0.00294. The summed E-state index contributed by atoms with van der Waals surface area (Å²) in [5.41, 5.74) is 1.06. The van der Waals surface area contributed by atoms with Crippen molar-refractivity contribution >= 4 is 17.9 Å². The highest BCUT2D eigenvalue weighted by Crippen LogP contribution is 2.38. The summed E-state index contributed by atoms with van der Waals surface area (Å²) in [7, 11) is 1.39. The van der Waals surface area contributed by atoms with E-state index in [-0.39, 0.29) is 30.7 Å². The van der Waals surface area contributed by atoms with E-state index < -0.39 is 5.97 Å². The maximum atomic E-state index is 12.2. The number of allylic oxidation sites excluding steroid dienone is 3. The lowest BCUT2D eigenvalue weighted by Gasteiger charge is -2.14. The SMILES string of the molecule is CC/C=C\CCOC(=O)CCC(=O)OC1=C(CCCCC)C(CC(=O)OC)CC1. The van der Waals surface area contributed by atoms with Crippen molar-refractivity contribution in [3.63, 3.8) is 0 Å². The van der Waals surface area contributed by atoms with E-state index in [1.165, 1.54) is 7.11 Å². The van der Waals surface area contributed by atoms with E-state index in [2.05, 4.69) is 6.92 Å². The van der Waals surface area contributed by atoms with Crippen LogP contribution in [0.2, 0.25) is 0 Å². The van der Waals surface area contributed by atoms with Gasteiger partial charge in [0.25, 0.3) is 0 Å². The van der Waals surface area contributed by atoms with Gasteiger partial charge in [0, 0.05) is 6.42 Å². The Morgan fingerprint density at radius 3 is 2.48 bits per heavy atom. The first-order valence-electron chi connectivity index (χ1n) is 10.8. The summed E-state index contributed by atoms with van der Waals surface area (Å²) in [4.78, 5) is 35.6. The number of carbonyl (C=O) groups is 3. The van der Waals surface area contributed by atoms with Crippen LogP contribution in [-0.4, -0.2) is 31.6 Å². The number of esters is 3. The number of unbranched alkanes of at least 4 members (excludes halogenated alkanes) is 2. The second kappa shape index (κ2) is 14.8. The molecule has 1 rings (SSSR count). The summed E-state index contributed by atoms with van der Waals surface area (Å²) in [5.74, 6) is -0.304. The molecule has 164 valence electrons. The van der Waals surface area contributed by atoms with Crippen molar-refractivity contribution in [1.82, 2.24) is 0 Å². The summed E-state index contributed by atoms with van der Waals surface area (Å²) in [6.45, 7) is 4.50. The molecule has 29 heavy (non-hydrogen) atoms. The van der Waals surface area contributed by atoms with Gasteiger partial charge in [-0.3, -0.25) is 14.4 Å². The average molecular weight is 409 g/mol. The van der Waals surface area contributed by atoms with Gasteiger partial charge in [0.1, 0.15) is 5.76 Å². The number of hydrogen-bond donors (Lipinski definition) is 0. The molecule has 0 heterocycles. The Bertz CT molecular complexity index is 590. The smallest absolute Gasteiger partial charge is 0.311 e. The maximum absolute atomic E-state index is 12.2. The van der Waals surface area contributed by atoms with E-state index in [9.17, 15) is 14.4 Å². The van der Waals surface area contributed by atoms with Crippen molar-refractivity contribution in [2.24, 2.45) is 5.92 Å². The fourth-order valence-electron chi connectivity index (χ4n) is 3.39. The van der Waals surface area contributed by atoms with E-state index in [1.54, 1.807) is 0 Å². The van der Waals surface area contributed by atoms with Crippen molar-refractivity contribution in [3.05, 3.63) is 23.5 Å². The van der Waals surface area contributed by atoms with Crippen LogP contribution in [-0.2, 0) is 28.6 Å². The molecule has 0 aromatic heterocycles. The van der Waals surface area contributed by atoms with Crippen LogP contribution < -0.4 is 0 Å². The van der Waals surface area contributed by atoms with Gasteiger partial charge in [-0.15, -0.1) is 0 Å². The third-order valence-electron chi connectivity index (χ3n) is 4.98. The molecule has 0 N–H and O–H groups in total.